The second-order valence-corrected chi connectivity index (χ2v) is 7.54. The van der Waals surface area contributed by atoms with Crippen molar-refractivity contribution in [1.82, 2.24) is 24.8 Å². The first-order chi connectivity index (χ1) is 14.1. The number of nitrogens with zero attached hydrogens (tertiary/aromatic N) is 4. The predicted molar refractivity (Wildman–Crippen MR) is 113 cm³/mol. The topological polar surface area (TPSA) is 123 Å². The van der Waals surface area contributed by atoms with Crippen LogP contribution in [-0.2, 0) is 20.0 Å². The summed E-state index contributed by atoms with van der Waals surface area (Å²) in [5.41, 5.74) is 8.93. The van der Waals surface area contributed by atoms with E-state index >= 15 is 0 Å². The van der Waals surface area contributed by atoms with Crippen LogP contribution in [0, 0.1) is 5.41 Å². The first kappa shape index (κ1) is 18.8. The zero-order chi connectivity index (χ0) is 20.4. The SMILES string of the molecule is Cn1c(C(=O)NCc2cccc(N)n2)c(C=N)c2sc(Cc3ccccn3)nc21. The van der Waals surface area contributed by atoms with E-state index in [-0.39, 0.29) is 12.5 Å². The fraction of sp³-hybridized carbons (Fsp3) is 0.150. The van der Waals surface area contributed by atoms with Crippen LogP contribution in [-0.4, -0.2) is 31.6 Å². The zero-order valence-electron chi connectivity index (χ0n) is 15.7. The first-order valence-electron chi connectivity index (χ1n) is 8.95. The highest BCUT2D eigenvalue weighted by Crippen LogP contribution is 2.30. The zero-order valence-corrected chi connectivity index (χ0v) is 16.5. The van der Waals surface area contributed by atoms with Crippen molar-refractivity contribution in [3.8, 4) is 0 Å². The molecule has 4 N–H and O–H groups in total. The van der Waals surface area contributed by atoms with E-state index in [0.717, 1.165) is 15.4 Å². The van der Waals surface area contributed by atoms with Crippen molar-refractivity contribution in [3.05, 3.63) is 70.2 Å². The number of rotatable bonds is 6. The first-order valence-corrected chi connectivity index (χ1v) is 9.76. The lowest BCUT2D eigenvalue weighted by molar-refractivity contribution is 0.0942. The average Bonchev–Trinajstić information content (AvgIpc) is 3.24. The lowest BCUT2D eigenvalue weighted by Crippen LogP contribution is -2.26. The summed E-state index contributed by atoms with van der Waals surface area (Å²) in [6.07, 6.45) is 3.57. The third-order valence-electron chi connectivity index (χ3n) is 4.48. The molecule has 0 aliphatic heterocycles. The summed E-state index contributed by atoms with van der Waals surface area (Å²) in [5.74, 6) is 0.118. The van der Waals surface area contributed by atoms with E-state index in [2.05, 4.69) is 20.3 Å². The highest BCUT2D eigenvalue weighted by atomic mass is 32.1. The van der Waals surface area contributed by atoms with Gasteiger partial charge in [0, 0.05) is 37.1 Å². The lowest BCUT2D eigenvalue weighted by Gasteiger charge is -2.08. The molecular weight excluding hydrogens is 386 g/mol. The smallest absolute Gasteiger partial charge is 0.269 e. The molecule has 0 unspecified atom stereocenters. The third-order valence-corrected chi connectivity index (χ3v) is 5.56. The van der Waals surface area contributed by atoms with Gasteiger partial charge in [0.1, 0.15) is 16.5 Å². The van der Waals surface area contributed by atoms with E-state index in [9.17, 15) is 4.79 Å². The number of nitrogens with one attached hydrogen (secondary N) is 2. The van der Waals surface area contributed by atoms with Gasteiger partial charge in [0.15, 0.2) is 5.65 Å². The van der Waals surface area contributed by atoms with E-state index in [1.807, 2.05) is 18.2 Å². The van der Waals surface area contributed by atoms with Crippen LogP contribution < -0.4 is 11.1 Å². The largest absolute Gasteiger partial charge is 0.384 e. The van der Waals surface area contributed by atoms with E-state index < -0.39 is 0 Å². The van der Waals surface area contributed by atoms with E-state index in [1.165, 1.54) is 17.6 Å². The minimum Gasteiger partial charge on any atom is -0.384 e. The van der Waals surface area contributed by atoms with Crippen LogP contribution >= 0.6 is 11.3 Å². The predicted octanol–water partition coefficient (Wildman–Crippen LogP) is 2.53. The van der Waals surface area contributed by atoms with Crippen molar-refractivity contribution in [3.63, 3.8) is 0 Å². The quantitative estimate of drug-likeness (QED) is 0.425. The highest BCUT2D eigenvalue weighted by molar-refractivity contribution is 7.19. The van der Waals surface area contributed by atoms with Gasteiger partial charge in [-0.05, 0) is 24.3 Å². The molecule has 1 amide bonds. The Balaban J connectivity index is 1.60. The maximum atomic E-state index is 12.8. The van der Waals surface area contributed by atoms with Crippen molar-refractivity contribution in [1.29, 1.82) is 5.41 Å². The monoisotopic (exact) mass is 405 g/mol. The Labute approximate surface area is 171 Å². The fourth-order valence-corrected chi connectivity index (χ4v) is 4.27. The molecule has 4 heterocycles. The number of thiazole rings is 1. The van der Waals surface area contributed by atoms with Gasteiger partial charge in [-0.25, -0.2) is 9.97 Å². The number of carbonyl (C=O) groups excluding carboxylic acids is 1. The van der Waals surface area contributed by atoms with Gasteiger partial charge in [-0.2, -0.15) is 0 Å². The maximum Gasteiger partial charge on any atom is 0.269 e. The van der Waals surface area contributed by atoms with Crippen LogP contribution in [0.4, 0.5) is 5.82 Å². The Kier molecular flexibility index (Phi) is 5.05. The summed E-state index contributed by atoms with van der Waals surface area (Å²) in [5, 5.41) is 11.6. The number of amides is 1. The van der Waals surface area contributed by atoms with Gasteiger partial charge in [0.25, 0.3) is 5.91 Å². The number of hydrogen-bond donors (Lipinski definition) is 3. The number of hydrogen-bond acceptors (Lipinski definition) is 7. The number of aryl methyl sites for hydroxylation is 1. The van der Waals surface area contributed by atoms with Gasteiger partial charge in [-0.1, -0.05) is 12.1 Å². The van der Waals surface area contributed by atoms with Crippen LogP contribution in [0.1, 0.15) is 32.4 Å². The maximum absolute atomic E-state index is 12.8. The lowest BCUT2D eigenvalue weighted by atomic mass is 10.2. The molecule has 146 valence electrons. The minimum atomic E-state index is -0.285. The number of anilines is 1. The summed E-state index contributed by atoms with van der Waals surface area (Å²) < 4.78 is 2.55. The Morgan fingerprint density at radius 2 is 2.07 bits per heavy atom. The molecule has 4 rings (SSSR count). The normalized spacial score (nSPS) is 10.9. The van der Waals surface area contributed by atoms with Crippen LogP contribution in [0.3, 0.4) is 0 Å². The van der Waals surface area contributed by atoms with Gasteiger partial charge in [0.05, 0.1) is 16.9 Å². The van der Waals surface area contributed by atoms with Crippen molar-refractivity contribution in [2.75, 3.05) is 5.73 Å². The molecule has 0 fully saturated rings. The standard InChI is InChI=1S/C20H19N7OS/c1-27-17(20(28)24-11-13-6-4-7-15(22)25-13)14(10-21)18-19(27)26-16(29-18)9-12-5-2-3-8-23-12/h2-8,10,21H,9,11H2,1H3,(H2,22,25)(H,24,28). The fourth-order valence-electron chi connectivity index (χ4n) is 3.14. The van der Waals surface area contributed by atoms with Gasteiger partial charge in [0.2, 0.25) is 0 Å². The minimum absolute atomic E-state index is 0.249. The van der Waals surface area contributed by atoms with Crippen LogP contribution in [0.25, 0.3) is 10.3 Å². The number of fused-ring (bicyclic) bond motifs is 1. The second-order valence-electron chi connectivity index (χ2n) is 6.46. The molecule has 8 nitrogen and oxygen atoms in total. The molecule has 0 saturated carbocycles. The molecular formula is C20H19N7OS. The summed E-state index contributed by atoms with van der Waals surface area (Å²) >= 11 is 1.48. The van der Waals surface area contributed by atoms with E-state index in [0.29, 0.717) is 34.8 Å². The third kappa shape index (κ3) is 3.72. The summed E-state index contributed by atoms with van der Waals surface area (Å²) in [6.45, 7) is 0.249. The van der Waals surface area contributed by atoms with Crippen molar-refractivity contribution in [2.24, 2.45) is 7.05 Å². The Morgan fingerprint density at radius 1 is 1.24 bits per heavy atom. The number of nitrogen functional groups attached to an aromatic ring is 1. The van der Waals surface area contributed by atoms with Gasteiger partial charge >= 0.3 is 0 Å². The number of nitrogens with two attached hydrogens (primary N) is 1. The number of aromatic nitrogens is 4. The van der Waals surface area contributed by atoms with E-state index in [4.69, 9.17) is 11.1 Å². The molecule has 0 aliphatic rings. The molecule has 0 bridgehead atoms. The van der Waals surface area contributed by atoms with Gasteiger partial charge in [-0.15, -0.1) is 11.3 Å². The number of carbonyl (C=O) groups is 1. The summed E-state index contributed by atoms with van der Waals surface area (Å²) in [4.78, 5) is 26.0. The van der Waals surface area contributed by atoms with Gasteiger partial charge in [-0.3, -0.25) is 9.78 Å². The molecule has 0 radical (unpaired) electrons. The molecule has 0 atom stereocenters. The molecule has 4 aromatic rings. The molecule has 0 spiro atoms. The highest BCUT2D eigenvalue weighted by Gasteiger charge is 2.23. The second kappa shape index (κ2) is 7.80. The molecule has 9 heteroatoms. The molecule has 29 heavy (non-hydrogen) atoms. The van der Waals surface area contributed by atoms with E-state index in [1.54, 1.807) is 36.0 Å². The van der Waals surface area contributed by atoms with Gasteiger partial charge < -0.3 is 21.0 Å². The Morgan fingerprint density at radius 3 is 2.79 bits per heavy atom. The average molecular weight is 405 g/mol. The van der Waals surface area contributed by atoms with Crippen LogP contribution in [0.5, 0.6) is 0 Å². The van der Waals surface area contributed by atoms with Crippen molar-refractivity contribution >= 4 is 39.6 Å². The molecule has 0 saturated heterocycles. The number of pyridine rings is 2. The Hall–Kier alpha value is -3.59. The van der Waals surface area contributed by atoms with Crippen molar-refractivity contribution < 1.29 is 4.79 Å². The van der Waals surface area contributed by atoms with Crippen LogP contribution in [0.15, 0.2) is 42.6 Å². The molecule has 0 aliphatic carbocycles. The summed E-state index contributed by atoms with van der Waals surface area (Å²) in [7, 11) is 1.78. The van der Waals surface area contributed by atoms with Crippen molar-refractivity contribution in [2.45, 2.75) is 13.0 Å². The Bertz CT molecular complexity index is 1200. The molecule has 4 aromatic heterocycles. The summed E-state index contributed by atoms with van der Waals surface area (Å²) in [6, 6.07) is 11.0. The molecule has 0 aromatic carbocycles. The van der Waals surface area contributed by atoms with Crippen LogP contribution in [0.2, 0.25) is 0 Å².